The predicted molar refractivity (Wildman–Crippen MR) is 150 cm³/mol. The Hall–Kier alpha value is -4.10. The molecule has 0 atom stereocenters. The van der Waals surface area contributed by atoms with Crippen molar-refractivity contribution in [3.8, 4) is 22.6 Å². The summed E-state index contributed by atoms with van der Waals surface area (Å²) in [5.74, 6) is -1.94. The molecule has 1 saturated heterocycles. The van der Waals surface area contributed by atoms with Gasteiger partial charge in [-0.15, -0.1) is 13.2 Å². The number of aliphatic hydroxyl groups is 1. The van der Waals surface area contributed by atoms with Crippen LogP contribution in [0.5, 0.6) is 11.5 Å². The van der Waals surface area contributed by atoms with E-state index in [9.17, 15) is 27.9 Å². The molecule has 0 radical (unpaired) electrons. The number of amides is 2. The lowest BCUT2D eigenvalue weighted by Crippen LogP contribution is -2.42. The molecule has 4 rings (SSSR count). The number of ether oxygens (including phenoxy) is 3. The highest BCUT2D eigenvalue weighted by Crippen LogP contribution is 2.29. The van der Waals surface area contributed by atoms with E-state index in [1.54, 1.807) is 41.8 Å². The lowest BCUT2D eigenvalue weighted by Gasteiger charge is -2.32. The topological polar surface area (TPSA) is 129 Å². The van der Waals surface area contributed by atoms with E-state index in [0.717, 1.165) is 11.1 Å². The zero-order valence-corrected chi connectivity index (χ0v) is 24.0. The van der Waals surface area contributed by atoms with E-state index in [0.29, 0.717) is 56.8 Å². The number of aryl methyl sites for hydroxylation is 1. The summed E-state index contributed by atoms with van der Waals surface area (Å²) in [5.41, 5.74) is 8.03. The number of halogens is 3. The minimum atomic E-state index is -4.77. The predicted octanol–water partition coefficient (Wildman–Crippen LogP) is 4.30. The number of aromatic nitrogens is 2. The minimum absolute atomic E-state index is 0.0519. The molecule has 0 bridgehead atoms. The number of hydrogen-bond donors (Lipinski definition) is 2. The highest BCUT2D eigenvalue weighted by molar-refractivity contribution is 5.97. The molecular weight excluding hydrogens is 569 g/mol. The van der Waals surface area contributed by atoms with Crippen LogP contribution in [0, 0.1) is 0 Å². The van der Waals surface area contributed by atoms with E-state index >= 15 is 0 Å². The fraction of sp³-hybridized carbons (Fsp3) is 0.433. The summed E-state index contributed by atoms with van der Waals surface area (Å²) in [6.07, 6.45) is 0.308. The van der Waals surface area contributed by atoms with Crippen molar-refractivity contribution in [1.29, 1.82) is 0 Å². The molecular formula is C30H35F3N4O6. The monoisotopic (exact) mass is 604 g/mol. The highest BCUT2D eigenvalue weighted by atomic mass is 19.4. The van der Waals surface area contributed by atoms with Crippen molar-refractivity contribution in [3.05, 3.63) is 66.0 Å². The molecule has 0 aliphatic carbocycles. The second-order valence-electron chi connectivity index (χ2n) is 10.8. The van der Waals surface area contributed by atoms with Gasteiger partial charge in [-0.25, -0.2) is 0 Å². The number of piperidine rings is 1. The van der Waals surface area contributed by atoms with Crippen LogP contribution in [-0.2, 0) is 22.5 Å². The second-order valence-corrected chi connectivity index (χ2v) is 10.8. The van der Waals surface area contributed by atoms with Crippen LogP contribution in [0.2, 0.25) is 0 Å². The third-order valence-corrected chi connectivity index (χ3v) is 6.80. The molecule has 0 spiro atoms. The quantitative estimate of drug-likeness (QED) is 0.233. The maximum atomic E-state index is 12.8. The maximum Gasteiger partial charge on any atom is 0.573 e. The summed E-state index contributed by atoms with van der Waals surface area (Å²) < 4.78 is 54.1. The van der Waals surface area contributed by atoms with Gasteiger partial charge in [0.15, 0.2) is 5.79 Å². The smallest absolute Gasteiger partial charge is 0.489 e. The summed E-state index contributed by atoms with van der Waals surface area (Å²) in [6, 6.07) is 10.4. The number of carbonyl (C=O) groups is 2. The summed E-state index contributed by atoms with van der Waals surface area (Å²) in [5, 5.41) is 14.0. The number of likely N-dealkylation sites (tertiary alicyclic amines) is 1. The van der Waals surface area contributed by atoms with Gasteiger partial charge in [-0.3, -0.25) is 14.3 Å². The Morgan fingerprint density at radius 2 is 1.77 bits per heavy atom. The van der Waals surface area contributed by atoms with Crippen LogP contribution in [0.15, 0.2) is 54.9 Å². The summed E-state index contributed by atoms with van der Waals surface area (Å²) >= 11 is 0. The first-order valence-electron chi connectivity index (χ1n) is 13.9. The molecule has 0 saturated carbocycles. The first-order valence-corrected chi connectivity index (χ1v) is 13.9. The van der Waals surface area contributed by atoms with Crippen molar-refractivity contribution in [1.82, 2.24) is 14.7 Å². The molecule has 2 amide bonds. The van der Waals surface area contributed by atoms with E-state index in [2.05, 4.69) is 9.84 Å². The Morgan fingerprint density at radius 3 is 2.40 bits per heavy atom. The van der Waals surface area contributed by atoms with E-state index in [1.165, 1.54) is 24.3 Å². The summed E-state index contributed by atoms with van der Waals surface area (Å²) in [6.45, 7) is 4.97. The van der Waals surface area contributed by atoms with Crippen LogP contribution in [-0.4, -0.2) is 69.6 Å². The van der Waals surface area contributed by atoms with Gasteiger partial charge in [0.25, 0.3) is 5.91 Å². The van der Waals surface area contributed by atoms with Crippen molar-refractivity contribution >= 4 is 11.8 Å². The largest absolute Gasteiger partial charge is 0.573 e. The number of hydrogen-bond acceptors (Lipinski definition) is 7. The van der Waals surface area contributed by atoms with Gasteiger partial charge in [0, 0.05) is 44.2 Å². The molecule has 10 nitrogen and oxygen atoms in total. The second kappa shape index (κ2) is 13.5. The van der Waals surface area contributed by atoms with Crippen LogP contribution >= 0.6 is 0 Å². The molecule has 3 aromatic rings. The number of primary amides is 1. The average molecular weight is 605 g/mol. The van der Waals surface area contributed by atoms with Gasteiger partial charge in [-0.05, 0) is 55.7 Å². The van der Waals surface area contributed by atoms with Gasteiger partial charge in [0.2, 0.25) is 5.91 Å². The van der Waals surface area contributed by atoms with Crippen LogP contribution < -0.4 is 15.2 Å². The molecule has 13 heteroatoms. The third-order valence-electron chi connectivity index (χ3n) is 6.80. The van der Waals surface area contributed by atoms with Crippen LogP contribution in [0.3, 0.4) is 0 Å². The zero-order chi connectivity index (χ0) is 31.2. The molecule has 0 unspecified atom stereocenters. The summed E-state index contributed by atoms with van der Waals surface area (Å²) in [7, 11) is 0. The zero-order valence-electron chi connectivity index (χ0n) is 24.0. The minimum Gasteiger partial charge on any atom is -0.489 e. The van der Waals surface area contributed by atoms with E-state index in [4.69, 9.17) is 15.2 Å². The molecule has 2 heterocycles. The van der Waals surface area contributed by atoms with Crippen molar-refractivity contribution < 1.29 is 42.1 Å². The van der Waals surface area contributed by atoms with Gasteiger partial charge in [-0.1, -0.05) is 18.2 Å². The maximum absolute atomic E-state index is 12.8. The van der Waals surface area contributed by atoms with Gasteiger partial charge in [-0.2, -0.15) is 5.10 Å². The molecule has 1 aliphatic heterocycles. The van der Waals surface area contributed by atoms with E-state index in [1.807, 2.05) is 12.3 Å². The standard InChI is InChI=1S/C30H35F3N4O6/c1-29(2,40)41-15-3-12-37-19-22(18-35-37)21-6-9-26(25(17-21)28(34)39)42-23-10-13-36(14-11-23)27(38)16-20-4-7-24(8-5-20)43-30(31,32)33/h4-9,17-19,23,40H,3,10-16H2,1-2H3,(H2,34,39). The molecule has 232 valence electrons. The Kier molecular flexibility index (Phi) is 9.97. The van der Waals surface area contributed by atoms with E-state index in [-0.39, 0.29) is 29.7 Å². The number of carbonyl (C=O) groups excluding carboxylic acids is 2. The first-order chi connectivity index (χ1) is 20.3. The molecule has 1 aromatic heterocycles. The lowest BCUT2D eigenvalue weighted by molar-refractivity contribution is -0.274. The number of nitrogens with zero attached hydrogens (tertiary/aromatic N) is 3. The molecule has 3 N–H and O–H groups in total. The number of benzene rings is 2. The fourth-order valence-corrected chi connectivity index (χ4v) is 4.69. The van der Waals surface area contributed by atoms with Gasteiger partial charge >= 0.3 is 6.36 Å². The van der Waals surface area contributed by atoms with E-state index < -0.39 is 18.1 Å². The van der Waals surface area contributed by atoms with Crippen molar-refractivity contribution in [3.63, 3.8) is 0 Å². The van der Waals surface area contributed by atoms with Crippen molar-refractivity contribution in [2.45, 2.75) is 64.3 Å². The van der Waals surface area contributed by atoms with Crippen molar-refractivity contribution in [2.24, 2.45) is 5.73 Å². The fourth-order valence-electron chi connectivity index (χ4n) is 4.69. The van der Waals surface area contributed by atoms with Crippen LogP contribution in [0.4, 0.5) is 13.2 Å². The number of nitrogens with two attached hydrogens (primary N) is 1. The highest BCUT2D eigenvalue weighted by Gasteiger charge is 2.31. The van der Waals surface area contributed by atoms with Crippen LogP contribution in [0.1, 0.15) is 49.0 Å². The normalized spacial score (nSPS) is 14.5. The average Bonchev–Trinajstić information content (AvgIpc) is 3.40. The van der Waals surface area contributed by atoms with Gasteiger partial charge < -0.3 is 30.0 Å². The molecule has 43 heavy (non-hydrogen) atoms. The first kappa shape index (κ1) is 31.8. The summed E-state index contributed by atoms with van der Waals surface area (Å²) in [4.78, 5) is 26.7. The number of alkyl halides is 3. The molecule has 1 aliphatic rings. The van der Waals surface area contributed by atoms with Gasteiger partial charge in [0.1, 0.15) is 17.6 Å². The molecule has 2 aromatic carbocycles. The van der Waals surface area contributed by atoms with Crippen LogP contribution in [0.25, 0.3) is 11.1 Å². The van der Waals surface area contributed by atoms with Gasteiger partial charge in [0.05, 0.1) is 24.8 Å². The Morgan fingerprint density at radius 1 is 1.07 bits per heavy atom. The molecule has 1 fully saturated rings. The number of rotatable bonds is 12. The Bertz CT molecular complexity index is 1390. The third kappa shape index (κ3) is 9.72. The lowest BCUT2D eigenvalue weighted by atomic mass is 10.0. The SMILES string of the molecule is CC(C)(O)OCCCn1cc(-c2ccc(OC3CCN(C(=O)Cc4ccc(OC(F)(F)F)cc4)CC3)c(C(N)=O)c2)cn1. The Balaban J connectivity index is 1.29. The Labute approximate surface area is 247 Å². The van der Waals surface area contributed by atoms with Crippen molar-refractivity contribution in [2.75, 3.05) is 19.7 Å².